The highest BCUT2D eigenvalue weighted by Crippen LogP contribution is 2.36. The quantitative estimate of drug-likeness (QED) is 0.784. The predicted octanol–water partition coefficient (Wildman–Crippen LogP) is 1.30. The molecule has 7 nitrogen and oxygen atoms in total. The van der Waals surface area contributed by atoms with Gasteiger partial charge in [0.15, 0.2) is 5.82 Å². The molecule has 1 aliphatic rings. The Hall–Kier alpha value is -2.41. The first-order valence-corrected chi connectivity index (χ1v) is 7.85. The van der Waals surface area contributed by atoms with Crippen molar-refractivity contribution in [1.82, 2.24) is 19.3 Å². The highest BCUT2D eigenvalue weighted by molar-refractivity contribution is 5.75. The Balaban J connectivity index is 1.58. The molecule has 3 aromatic rings. The molecule has 2 N–H and O–H groups in total. The molecule has 0 amide bonds. The van der Waals surface area contributed by atoms with E-state index in [9.17, 15) is 4.79 Å². The molecule has 1 saturated carbocycles. The number of imidazole rings is 1. The Morgan fingerprint density at radius 3 is 2.74 bits per heavy atom. The fourth-order valence-electron chi connectivity index (χ4n) is 3.13. The van der Waals surface area contributed by atoms with E-state index in [1.54, 1.807) is 16.2 Å². The highest BCUT2D eigenvalue weighted by Gasteiger charge is 2.38. The second kappa shape index (κ2) is 5.06. The van der Waals surface area contributed by atoms with Crippen molar-refractivity contribution in [3.63, 3.8) is 0 Å². The Bertz CT molecular complexity index is 916. The van der Waals surface area contributed by atoms with E-state index in [4.69, 9.17) is 10.3 Å². The summed E-state index contributed by atoms with van der Waals surface area (Å²) in [5, 5.41) is 4.01. The molecular formula is C16H19N5O2. The van der Waals surface area contributed by atoms with E-state index in [1.807, 2.05) is 24.3 Å². The summed E-state index contributed by atoms with van der Waals surface area (Å²) in [7, 11) is 1.78. The van der Waals surface area contributed by atoms with E-state index in [0.29, 0.717) is 24.7 Å². The number of fused-ring (bicyclic) bond motifs is 1. The molecule has 1 aliphatic carbocycles. The molecule has 0 aliphatic heterocycles. The highest BCUT2D eigenvalue weighted by atomic mass is 16.5. The van der Waals surface area contributed by atoms with Gasteiger partial charge in [0.2, 0.25) is 5.89 Å². The van der Waals surface area contributed by atoms with Gasteiger partial charge in [-0.1, -0.05) is 17.3 Å². The summed E-state index contributed by atoms with van der Waals surface area (Å²) in [5.74, 6) is 1.11. The second-order valence-corrected chi connectivity index (χ2v) is 6.25. The van der Waals surface area contributed by atoms with Crippen LogP contribution < -0.4 is 11.4 Å². The Morgan fingerprint density at radius 1 is 1.30 bits per heavy atom. The summed E-state index contributed by atoms with van der Waals surface area (Å²) in [6, 6.07) is 7.74. The number of aryl methyl sites for hydroxylation is 3. The lowest BCUT2D eigenvalue weighted by molar-refractivity contribution is 0.229. The minimum absolute atomic E-state index is 0.0415. The average Bonchev–Trinajstić information content (AvgIpc) is 3.09. The van der Waals surface area contributed by atoms with Gasteiger partial charge in [-0.15, -0.1) is 0 Å². The Kier molecular flexibility index (Phi) is 3.12. The van der Waals surface area contributed by atoms with Crippen molar-refractivity contribution in [1.29, 1.82) is 0 Å². The molecule has 7 heteroatoms. The lowest BCUT2D eigenvalue weighted by Gasteiger charge is -2.34. The van der Waals surface area contributed by atoms with Crippen molar-refractivity contribution in [2.24, 2.45) is 12.8 Å². The number of nitrogens with zero attached hydrogens (tertiary/aromatic N) is 4. The number of hydrogen-bond acceptors (Lipinski definition) is 5. The first-order valence-electron chi connectivity index (χ1n) is 7.85. The molecular weight excluding hydrogens is 294 g/mol. The molecule has 0 unspecified atom stereocenters. The van der Waals surface area contributed by atoms with Crippen LogP contribution in [0, 0.1) is 0 Å². The maximum atomic E-state index is 12.4. The summed E-state index contributed by atoms with van der Waals surface area (Å²) >= 11 is 0. The number of nitrogens with two attached hydrogens (primary N) is 1. The van der Waals surface area contributed by atoms with Crippen molar-refractivity contribution in [3.8, 4) is 0 Å². The molecule has 2 heterocycles. The van der Waals surface area contributed by atoms with Crippen molar-refractivity contribution in [3.05, 3.63) is 46.5 Å². The molecule has 0 bridgehead atoms. The first kappa shape index (κ1) is 14.2. The number of para-hydroxylation sites is 2. The molecule has 1 aromatic carbocycles. The van der Waals surface area contributed by atoms with Crippen molar-refractivity contribution >= 4 is 11.0 Å². The lowest BCUT2D eigenvalue weighted by Crippen LogP contribution is -2.44. The van der Waals surface area contributed by atoms with Gasteiger partial charge in [-0.2, -0.15) is 4.98 Å². The maximum Gasteiger partial charge on any atom is 0.328 e. The van der Waals surface area contributed by atoms with Crippen molar-refractivity contribution in [2.45, 2.75) is 37.8 Å². The molecule has 0 saturated heterocycles. The third kappa shape index (κ3) is 2.19. The van der Waals surface area contributed by atoms with E-state index < -0.39 is 5.54 Å². The van der Waals surface area contributed by atoms with Crippen LogP contribution >= 0.6 is 0 Å². The number of rotatable bonds is 4. The summed E-state index contributed by atoms with van der Waals surface area (Å²) in [5.41, 5.74) is 7.57. The molecule has 2 aromatic heterocycles. The molecule has 0 radical (unpaired) electrons. The summed E-state index contributed by atoms with van der Waals surface area (Å²) in [4.78, 5) is 16.8. The van der Waals surface area contributed by atoms with Gasteiger partial charge in [0.25, 0.3) is 0 Å². The Labute approximate surface area is 132 Å². The van der Waals surface area contributed by atoms with Crippen LogP contribution in [0.25, 0.3) is 11.0 Å². The molecule has 23 heavy (non-hydrogen) atoms. The normalized spacial score (nSPS) is 16.6. The van der Waals surface area contributed by atoms with Crippen molar-refractivity contribution in [2.75, 3.05) is 0 Å². The zero-order chi connectivity index (χ0) is 16.0. The number of hydrogen-bond donors (Lipinski definition) is 1. The molecule has 4 rings (SSSR count). The van der Waals surface area contributed by atoms with Gasteiger partial charge < -0.3 is 10.3 Å². The SMILES string of the molecule is Cn1c(=O)n(CCc2nc(C3(N)CCC3)no2)c2ccccc21. The standard InChI is InChI=1S/C16H19N5O2/c1-20-11-5-2-3-6-12(11)21(15(20)22)10-7-13-18-14(19-23-13)16(17)8-4-9-16/h2-3,5-6H,4,7-10,17H2,1H3. The van der Waals surface area contributed by atoms with Crippen molar-refractivity contribution < 1.29 is 4.52 Å². The van der Waals surface area contributed by atoms with E-state index in [-0.39, 0.29) is 5.69 Å². The number of aromatic nitrogens is 4. The number of benzene rings is 1. The van der Waals surface area contributed by atoms with Gasteiger partial charge >= 0.3 is 5.69 Å². The van der Waals surface area contributed by atoms with Crippen LogP contribution in [0.3, 0.4) is 0 Å². The second-order valence-electron chi connectivity index (χ2n) is 6.25. The Morgan fingerprint density at radius 2 is 2.04 bits per heavy atom. The summed E-state index contributed by atoms with van der Waals surface area (Å²) in [6.07, 6.45) is 3.41. The molecule has 1 fully saturated rings. The lowest BCUT2D eigenvalue weighted by atomic mass is 9.77. The van der Waals surface area contributed by atoms with Crippen LogP contribution in [0.2, 0.25) is 0 Å². The van der Waals surface area contributed by atoms with Crippen LogP contribution in [0.4, 0.5) is 0 Å². The van der Waals surface area contributed by atoms with Gasteiger partial charge in [0.05, 0.1) is 16.6 Å². The van der Waals surface area contributed by atoms with Crippen LogP contribution in [0.1, 0.15) is 31.0 Å². The average molecular weight is 313 g/mol. The third-order valence-electron chi connectivity index (χ3n) is 4.76. The maximum absolute atomic E-state index is 12.4. The first-order chi connectivity index (χ1) is 11.1. The smallest absolute Gasteiger partial charge is 0.328 e. The predicted molar refractivity (Wildman–Crippen MR) is 84.9 cm³/mol. The topological polar surface area (TPSA) is 91.9 Å². The van der Waals surface area contributed by atoms with Gasteiger partial charge in [-0.3, -0.25) is 9.13 Å². The van der Waals surface area contributed by atoms with Gasteiger partial charge in [0, 0.05) is 20.0 Å². The van der Waals surface area contributed by atoms with Gasteiger partial charge in [-0.05, 0) is 31.4 Å². The molecule has 120 valence electrons. The fourth-order valence-corrected chi connectivity index (χ4v) is 3.13. The van der Waals surface area contributed by atoms with E-state index in [1.165, 1.54) is 0 Å². The summed E-state index contributed by atoms with van der Waals surface area (Å²) in [6.45, 7) is 0.499. The van der Waals surface area contributed by atoms with Gasteiger partial charge in [-0.25, -0.2) is 4.79 Å². The van der Waals surface area contributed by atoms with E-state index in [0.717, 1.165) is 30.3 Å². The zero-order valence-electron chi connectivity index (χ0n) is 13.0. The minimum Gasteiger partial charge on any atom is -0.339 e. The van der Waals surface area contributed by atoms with E-state index >= 15 is 0 Å². The molecule has 0 atom stereocenters. The third-order valence-corrected chi connectivity index (χ3v) is 4.76. The van der Waals surface area contributed by atoms with Crippen LogP contribution in [0.5, 0.6) is 0 Å². The fraction of sp³-hybridized carbons (Fsp3) is 0.438. The van der Waals surface area contributed by atoms with Gasteiger partial charge in [0.1, 0.15) is 0 Å². The van der Waals surface area contributed by atoms with E-state index in [2.05, 4.69) is 10.1 Å². The molecule has 0 spiro atoms. The largest absolute Gasteiger partial charge is 0.339 e. The van der Waals surface area contributed by atoms with Crippen LogP contribution in [-0.4, -0.2) is 19.3 Å². The van der Waals surface area contributed by atoms with Crippen LogP contribution in [-0.2, 0) is 25.6 Å². The minimum atomic E-state index is -0.419. The zero-order valence-corrected chi connectivity index (χ0v) is 13.0. The monoisotopic (exact) mass is 313 g/mol. The summed E-state index contributed by atoms with van der Waals surface area (Å²) < 4.78 is 8.69. The van der Waals surface area contributed by atoms with Crippen LogP contribution in [0.15, 0.2) is 33.6 Å².